The second kappa shape index (κ2) is 7.02. The molecule has 0 aromatic heterocycles. The van der Waals surface area contributed by atoms with Crippen LogP contribution in [-0.2, 0) is 0 Å². The van der Waals surface area contributed by atoms with Crippen LogP contribution in [0.3, 0.4) is 0 Å². The highest BCUT2D eigenvalue weighted by Gasteiger charge is 2.11. The van der Waals surface area contributed by atoms with Crippen LogP contribution < -0.4 is 5.32 Å². The van der Waals surface area contributed by atoms with Gasteiger partial charge in [0.25, 0.3) is 0 Å². The third-order valence-electron chi connectivity index (χ3n) is 2.95. The van der Waals surface area contributed by atoms with Crippen molar-refractivity contribution < 1.29 is 0 Å². The van der Waals surface area contributed by atoms with E-state index in [-0.39, 0.29) is 0 Å². The van der Waals surface area contributed by atoms with Gasteiger partial charge in [0, 0.05) is 12.6 Å². The number of nitrogens with zero attached hydrogens (tertiary/aromatic N) is 1. The zero-order valence-corrected chi connectivity index (χ0v) is 9.47. The largest absolute Gasteiger partial charge is 0.314 e. The quantitative estimate of drug-likeness (QED) is 0.654. The lowest BCUT2D eigenvalue weighted by Gasteiger charge is -2.24. The lowest BCUT2D eigenvalue weighted by molar-refractivity contribution is 0.323. The molecule has 0 aromatic carbocycles. The van der Waals surface area contributed by atoms with Gasteiger partial charge in [0.05, 0.1) is 0 Å². The van der Waals surface area contributed by atoms with Crippen molar-refractivity contribution in [1.29, 1.82) is 0 Å². The van der Waals surface area contributed by atoms with Crippen LogP contribution in [0.5, 0.6) is 0 Å². The zero-order chi connectivity index (χ0) is 10.2. The van der Waals surface area contributed by atoms with Gasteiger partial charge >= 0.3 is 0 Å². The Morgan fingerprint density at radius 2 is 2.36 bits per heavy atom. The van der Waals surface area contributed by atoms with Crippen molar-refractivity contribution in [2.45, 2.75) is 38.1 Å². The van der Waals surface area contributed by atoms with Gasteiger partial charge in [0.2, 0.25) is 0 Å². The summed E-state index contributed by atoms with van der Waals surface area (Å²) < 4.78 is 0. The van der Waals surface area contributed by atoms with Gasteiger partial charge in [-0.25, -0.2) is 0 Å². The van der Waals surface area contributed by atoms with Crippen LogP contribution in [0.4, 0.5) is 0 Å². The minimum Gasteiger partial charge on any atom is -0.314 e. The summed E-state index contributed by atoms with van der Waals surface area (Å²) in [6, 6.07) is 0.792. The highest BCUT2D eigenvalue weighted by atomic mass is 15.1. The fraction of sp³-hybridized carbons (Fsp3) is 0.833. The maximum Gasteiger partial charge on any atom is 0.0157 e. The molecule has 1 N–H and O–H groups in total. The van der Waals surface area contributed by atoms with E-state index in [1.54, 1.807) is 0 Å². The molecule has 0 spiro atoms. The monoisotopic (exact) mass is 196 g/mol. The van der Waals surface area contributed by atoms with Gasteiger partial charge in [-0.15, -0.1) is 6.58 Å². The molecular formula is C12H24N2. The first-order valence-electron chi connectivity index (χ1n) is 5.85. The van der Waals surface area contributed by atoms with Gasteiger partial charge in [-0.3, -0.25) is 0 Å². The fourth-order valence-corrected chi connectivity index (χ4v) is 2.09. The van der Waals surface area contributed by atoms with Crippen molar-refractivity contribution in [1.82, 2.24) is 10.2 Å². The highest BCUT2D eigenvalue weighted by molar-refractivity contribution is 4.74. The summed E-state index contributed by atoms with van der Waals surface area (Å²) in [4.78, 5) is 2.33. The van der Waals surface area contributed by atoms with Crippen LogP contribution in [0.15, 0.2) is 12.7 Å². The van der Waals surface area contributed by atoms with Crippen LogP contribution in [0.2, 0.25) is 0 Å². The summed E-state index contributed by atoms with van der Waals surface area (Å²) in [5.41, 5.74) is 0. The van der Waals surface area contributed by atoms with E-state index in [1.807, 2.05) is 6.08 Å². The Balaban J connectivity index is 1.99. The minimum atomic E-state index is 0.792. The van der Waals surface area contributed by atoms with Crippen molar-refractivity contribution in [3.63, 3.8) is 0 Å². The van der Waals surface area contributed by atoms with Crippen LogP contribution in [0.25, 0.3) is 0 Å². The lowest BCUT2D eigenvalue weighted by Crippen LogP contribution is -2.34. The Morgan fingerprint density at radius 3 is 3.00 bits per heavy atom. The lowest BCUT2D eigenvalue weighted by atomic mass is 10.0. The molecule has 1 unspecified atom stereocenters. The Kier molecular flexibility index (Phi) is 5.88. The molecule has 0 amide bonds. The number of nitrogens with one attached hydrogen (secondary N) is 1. The molecule has 1 heterocycles. The third-order valence-corrected chi connectivity index (χ3v) is 2.95. The molecular weight excluding hydrogens is 172 g/mol. The first kappa shape index (κ1) is 11.7. The third kappa shape index (κ3) is 4.77. The molecule has 0 saturated carbocycles. The van der Waals surface area contributed by atoms with E-state index in [4.69, 9.17) is 0 Å². The molecule has 2 heteroatoms. The van der Waals surface area contributed by atoms with Crippen LogP contribution >= 0.6 is 0 Å². The summed E-state index contributed by atoms with van der Waals surface area (Å²) in [5, 5.41) is 3.59. The second-order valence-corrected chi connectivity index (χ2v) is 4.34. The normalized spacial score (nSPS) is 22.6. The Morgan fingerprint density at radius 1 is 1.50 bits per heavy atom. The van der Waals surface area contributed by atoms with Gasteiger partial charge in [-0.05, 0) is 45.8 Å². The molecule has 0 aliphatic carbocycles. The smallest absolute Gasteiger partial charge is 0.0157 e. The SMILES string of the molecule is C=CCN(C)CCCC1CCCCN1. The summed E-state index contributed by atoms with van der Waals surface area (Å²) in [5.74, 6) is 0. The van der Waals surface area contributed by atoms with Gasteiger partial charge in [-0.1, -0.05) is 12.5 Å². The molecule has 1 rings (SSSR count). The maximum atomic E-state index is 3.74. The van der Waals surface area contributed by atoms with Crippen LogP contribution in [0.1, 0.15) is 32.1 Å². The second-order valence-electron chi connectivity index (χ2n) is 4.34. The van der Waals surface area contributed by atoms with Crippen molar-refractivity contribution in [3.05, 3.63) is 12.7 Å². The minimum absolute atomic E-state index is 0.792. The molecule has 1 saturated heterocycles. The van der Waals surface area contributed by atoms with E-state index in [0.29, 0.717) is 0 Å². The van der Waals surface area contributed by atoms with Gasteiger partial charge in [0.1, 0.15) is 0 Å². The first-order chi connectivity index (χ1) is 6.83. The Labute approximate surface area is 88.4 Å². The van der Waals surface area contributed by atoms with E-state index in [0.717, 1.165) is 12.6 Å². The molecule has 1 atom stereocenters. The van der Waals surface area contributed by atoms with Gasteiger partial charge in [0.15, 0.2) is 0 Å². The average molecular weight is 196 g/mol. The number of likely N-dealkylation sites (N-methyl/N-ethyl adjacent to an activating group) is 1. The number of rotatable bonds is 6. The summed E-state index contributed by atoms with van der Waals surface area (Å²) in [6.07, 6.45) is 8.78. The first-order valence-corrected chi connectivity index (χ1v) is 5.85. The molecule has 1 fully saturated rings. The molecule has 82 valence electrons. The number of hydrogen-bond acceptors (Lipinski definition) is 2. The highest BCUT2D eigenvalue weighted by Crippen LogP contribution is 2.11. The number of hydrogen-bond donors (Lipinski definition) is 1. The van der Waals surface area contributed by atoms with Crippen molar-refractivity contribution in [2.75, 3.05) is 26.7 Å². The number of piperidine rings is 1. The molecule has 1 aliphatic rings. The summed E-state index contributed by atoms with van der Waals surface area (Å²) in [7, 11) is 2.16. The molecule has 14 heavy (non-hydrogen) atoms. The van der Waals surface area contributed by atoms with E-state index in [9.17, 15) is 0 Å². The predicted octanol–water partition coefficient (Wildman–Crippen LogP) is 2.03. The van der Waals surface area contributed by atoms with E-state index in [1.165, 1.54) is 45.2 Å². The average Bonchev–Trinajstić information content (AvgIpc) is 2.20. The topological polar surface area (TPSA) is 15.3 Å². The molecule has 0 radical (unpaired) electrons. The summed E-state index contributed by atoms with van der Waals surface area (Å²) in [6.45, 7) is 7.18. The van der Waals surface area contributed by atoms with Crippen LogP contribution in [0, 0.1) is 0 Å². The maximum absolute atomic E-state index is 3.74. The van der Waals surface area contributed by atoms with Crippen molar-refractivity contribution in [3.8, 4) is 0 Å². The van der Waals surface area contributed by atoms with E-state index >= 15 is 0 Å². The molecule has 1 aliphatic heterocycles. The molecule has 0 bridgehead atoms. The Bertz CT molecular complexity index is 150. The van der Waals surface area contributed by atoms with E-state index < -0.39 is 0 Å². The summed E-state index contributed by atoms with van der Waals surface area (Å²) >= 11 is 0. The van der Waals surface area contributed by atoms with Gasteiger partial charge in [-0.2, -0.15) is 0 Å². The Hall–Kier alpha value is -0.340. The van der Waals surface area contributed by atoms with E-state index in [2.05, 4.69) is 23.8 Å². The van der Waals surface area contributed by atoms with Crippen LogP contribution in [-0.4, -0.2) is 37.6 Å². The molecule has 2 nitrogen and oxygen atoms in total. The predicted molar refractivity (Wildman–Crippen MR) is 62.6 cm³/mol. The van der Waals surface area contributed by atoms with Gasteiger partial charge < -0.3 is 10.2 Å². The standard InChI is InChI=1S/C12H24N2/c1-3-10-14(2)11-6-8-12-7-4-5-9-13-12/h3,12-13H,1,4-11H2,2H3. The molecule has 0 aromatic rings. The van der Waals surface area contributed by atoms with Crippen molar-refractivity contribution >= 4 is 0 Å². The zero-order valence-electron chi connectivity index (χ0n) is 9.47. The van der Waals surface area contributed by atoms with Crippen molar-refractivity contribution in [2.24, 2.45) is 0 Å². The fourth-order valence-electron chi connectivity index (χ4n) is 2.09.